The number of nitrogens with one attached hydrogen (secondary N) is 1. The Morgan fingerprint density at radius 2 is 1.94 bits per heavy atom. The molecule has 3 aromatic rings. The zero-order valence-corrected chi connectivity index (χ0v) is 22.5. The number of carbonyl (C=O) groups is 2. The Morgan fingerprint density at radius 1 is 1.19 bits per heavy atom. The van der Waals surface area contributed by atoms with Crippen LogP contribution in [-0.4, -0.2) is 40.9 Å². The highest BCUT2D eigenvalue weighted by Gasteiger charge is 2.72. The Balaban J connectivity index is 1.36. The third-order valence-electron chi connectivity index (χ3n) is 8.22. The van der Waals surface area contributed by atoms with Crippen LogP contribution < -0.4 is 10.1 Å². The molecule has 3 aliphatic rings. The highest BCUT2D eigenvalue weighted by Crippen LogP contribution is 2.63. The van der Waals surface area contributed by atoms with E-state index in [0.29, 0.717) is 17.5 Å². The van der Waals surface area contributed by atoms with Crippen molar-refractivity contribution in [2.75, 3.05) is 13.1 Å². The van der Waals surface area contributed by atoms with Crippen molar-refractivity contribution in [1.29, 1.82) is 0 Å². The first-order chi connectivity index (χ1) is 17.2. The maximum Gasteiger partial charge on any atom is 0.234 e. The van der Waals surface area contributed by atoms with E-state index in [1.165, 1.54) is 4.90 Å². The molecule has 188 valence electrons. The molecule has 8 heteroatoms. The Bertz CT molecular complexity index is 1380. The first-order valence-corrected chi connectivity index (χ1v) is 13.8. The first-order valence-electron chi connectivity index (χ1n) is 12.6. The lowest BCUT2D eigenvalue weighted by Gasteiger charge is -2.31. The molecule has 1 aromatic carbocycles. The molecule has 0 bridgehead atoms. The molecule has 1 aliphatic carbocycles. The summed E-state index contributed by atoms with van der Waals surface area (Å²) in [6, 6.07) is 7.89. The molecular formula is C28H30ClN3O3S. The summed E-state index contributed by atoms with van der Waals surface area (Å²) in [7, 11) is 0. The maximum atomic E-state index is 12.9. The van der Waals surface area contributed by atoms with Crippen LogP contribution in [0.25, 0.3) is 21.3 Å². The van der Waals surface area contributed by atoms with Gasteiger partial charge in [0.15, 0.2) is 0 Å². The molecule has 3 fully saturated rings. The van der Waals surface area contributed by atoms with Crippen LogP contribution in [0.3, 0.4) is 0 Å². The average Bonchev–Trinajstić information content (AvgIpc) is 3.08. The number of pyridine rings is 1. The van der Waals surface area contributed by atoms with Gasteiger partial charge in [0.1, 0.15) is 11.9 Å². The molecular weight excluding hydrogens is 494 g/mol. The second kappa shape index (κ2) is 8.54. The summed E-state index contributed by atoms with van der Waals surface area (Å²) in [6.07, 6.45) is 2.95. The molecule has 2 aliphatic heterocycles. The monoisotopic (exact) mass is 523 g/mol. The van der Waals surface area contributed by atoms with Crippen LogP contribution in [0.1, 0.15) is 37.6 Å². The molecule has 4 atom stereocenters. The minimum atomic E-state index is -0.203. The fourth-order valence-electron chi connectivity index (χ4n) is 5.95. The number of thiophene rings is 1. The van der Waals surface area contributed by atoms with E-state index in [-0.39, 0.29) is 35.2 Å². The summed E-state index contributed by atoms with van der Waals surface area (Å²) < 4.78 is 7.63. The maximum absolute atomic E-state index is 12.9. The lowest BCUT2D eigenvalue weighted by Crippen LogP contribution is -2.43. The number of benzene rings is 1. The fraction of sp³-hybridized carbons (Fsp3) is 0.464. The van der Waals surface area contributed by atoms with Gasteiger partial charge in [0.05, 0.1) is 28.6 Å². The number of piperidine rings is 2. The third kappa shape index (κ3) is 3.75. The number of aryl methyl sites for hydroxylation is 1. The number of ether oxygens (including phenoxy) is 1. The standard InChI is InChI=1S/C28H30ClN3O3S/c1-14-5-7-30-12-21(14)35-24-15(2)9-16(29)10-19(24)18-6-8-31-20-11-17(36-25(18)20)13-32-26(33)22-23(27(32)34)28(22,3)4/h6,8-11,14,21-23,30H,5,7,12-13H2,1-4H3/t14-,21-,22?,23?/m1/s1. The van der Waals surface area contributed by atoms with Gasteiger partial charge >= 0.3 is 0 Å². The van der Waals surface area contributed by atoms with Crippen LogP contribution in [0.5, 0.6) is 5.75 Å². The van der Waals surface area contributed by atoms with Crippen molar-refractivity contribution in [3.63, 3.8) is 0 Å². The second-order valence-electron chi connectivity index (χ2n) is 11.1. The van der Waals surface area contributed by atoms with Crippen molar-refractivity contribution in [3.05, 3.63) is 45.9 Å². The normalized spacial score (nSPS) is 27.0. The van der Waals surface area contributed by atoms with Crippen molar-refractivity contribution in [3.8, 4) is 16.9 Å². The zero-order chi connectivity index (χ0) is 25.4. The first kappa shape index (κ1) is 23.9. The van der Waals surface area contributed by atoms with E-state index >= 15 is 0 Å². The molecule has 0 spiro atoms. The summed E-state index contributed by atoms with van der Waals surface area (Å²) in [4.78, 5) is 32.7. The lowest BCUT2D eigenvalue weighted by molar-refractivity contribution is -0.143. The van der Waals surface area contributed by atoms with Crippen LogP contribution in [0.15, 0.2) is 30.5 Å². The van der Waals surface area contributed by atoms with Gasteiger partial charge in [-0.1, -0.05) is 32.4 Å². The van der Waals surface area contributed by atoms with E-state index in [2.05, 4.69) is 17.2 Å². The quantitative estimate of drug-likeness (QED) is 0.451. The molecule has 6 rings (SSSR count). The Labute approximate surface area is 220 Å². The van der Waals surface area contributed by atoms with E-state index in [1.807, 2.05) is 45.0 Å². The van der Waals surface area contributed by atoms with E-state index in [4.69, 9.17) is 16.3 Å². The second-order valence-corrected chi connectivity index (χ2v) is 12.6. The van der Waals surface area contributed by atoms with Gasteiger partial charge in [-0.2, -0.15) is 0 Å². The highest BCUT2D eigenvalue weighted by atomic mass is 35.5. The van der Waals surface area contributed by atoms with Gasteiger partial charge in [0, 0.05) is 33.8 Å². The fourth-order valence-corrected chi connectivity index (χ4v) is 7.35. The predicted octanol–water partition coefficient (Wildman–Crippen LogP) is 5.44. The number of fused-ring (bicyclic) bond motifs is 2. The van der Waals surface area contributed by atoms with Gasteiger partial charge in [-0.05, 0) is 61.1 Å². The van der Waals surface area contributed by atoms with E-state index in [1.54, 1.807) is 17.5 Å². The Kier molecular flexibility index (Phi) is 5.67. The number of hydrogen-bond donors (Lipinski definition) is 1. The summed E-state index contributed by atoms with van der Waals surface area (Å²) in [5.74, 6) is 0.869. The third-order valence-corrected chi connectivity index (χ3v) is 9.58. The molecule has 2 amide bonds. The number of likely N-dealkylation sites (tertiary alicyclic amines) is 1. The van der Waals surface area contributed by atoms with E-state index < -0.39 is 0 Å². The van der Waals surface area contributed by atoms with Crippen molar-refractivity contribution in [2.24, 2.45) is 23.2 Å². The zero-order valence-electron chi connectivity index (χ0n) is 20.9. The summed E-state index contributed by atoms with van der Waals surface area (Å²) in [5, 5.41) is 4.10. The molecule has 1 saturated carbocycles. The number of aromatic nitrogens is 1. The lowest BCUT2D eigenvalue weighted by atomic mass is 9.96. The van der Waals surface area contributed by atoms with Crippen LogP contribution in [0.4, 0.5) is 0 Å². The molecule has 36 heavy (non-hydrogen) atoms. The Hall–Kier alpha value is -2.48. The number of rotatable bonds is 5. The topological polar surface area (TPSA) is 71.5 Å². The van der Waals surface area contributed by atoms with Gasteiger partial charge in [-0.25, -0.2) is 0 Å². The van der Waals surface area contributed by atoms with Gasteiger partial charge in [-0.15, -0.1) is 11.3 Å². The summed E-state index contributed by atoms with van der Waals surface area (Å²) in [5.41, 5.74) is 3.57. The van der Waals surface area contributed by atoms with Crippen LogP contribution in [0, 0.1) is 30.1 Å². The smallest absolute Gasteiger partial charge is 0.234 e. The molecule has 6 nitrogen and oxygen atoms in total. The molecule has 1 N–H and O–H groups in total. The molecule has 4 heterocycles. The van der Waals surface area contributed by atoms with E-state index in [9.17, 15) is 9.59 Å². The van der Waals surface area contributed by atoms with E-state index in [0.717, 1.165) is 57.0 Å². The van der Waals surface area contributed by atoms with Crippen molar-refractivity contribution in [1.82, 2.24) is 15.2 Å². The van der Waals surface area contributed by atoms with Crippen molar-refractivity contribution >= 4 is 45.0 Å². The molecule has 2 saturated heterocycles. The summed E-state index contributed by atoms with van der Waals surface area (Å²) >= 11 is 8.10. The number of hydrogen-bond acceptors (Lipinski definition) is 6. The predicted molar refractivity (Wildman–Crippen MR) is 142 cm³/mol. The average molecular weight is 524 g/mol. The van der Waals surface area contributed by atoms with Crippen molar-refractivity contribution < 1.29 is 14.3 Å². The minimum Gasteiger partial charge on any atom is -0.488 e. The summed E-state index contributed by atoms with van der Waals surface area (Å²) in [6.45, 7) is 10.4. The van der Waals surface area contributed by atoms with Gasteiger partial charge in [0.2, 0.25) is 11.8 Å². The van der Waals surface area contributed by atoms with Crippen molar-refractivity contribution in [2.45, 2.75) is 46.8 Å². The minimum absolute atomic E-state index is 0.0444. The van der Waals surface area contributed by atoms with Gasteiger partial charge in [-0.3, -0.25) is 19.5 Å². The Morgan fingerprint density at radius 3 is 2.67 bits per heavy atom. The largest absolute Gasteiger partial charge is 0.488 e. The van der Waals surface area contributed by atoms with Gasteiger partial charge < -0.3 is 10.1 Å². The number of carbonyl (C=O) groups excluding carboxylic acids is 2. The number of halogens is 1. The highest BCUT2D eigenvalue weighted by molar-refractivity contribution is 7.19. The SMILES string of the molecule is Cc1cc(Cl)cc(-c2ccnc3cc(CN4C(=O)C5C(C4=O)C5(C)C)sc23)c1O[C@@H]1CNCC[C@H]1C. The van der Waals surface area contributed by atoms with Crippen LogP contribution in [0.2, 0.25) is 5.02 Å². The number of nitrogens with zero attached hydrogens (tertiary/aromatic N) is 2. The van der Waals surface area contributed by atoms with Crippen LogP contribution >= 0.6 is 22.9 Å². The molecule has 2 unspecified atom stereocenters. The number of imide groups is 1. The molecule has 2 aromatic heterocycles. The van der Waals surface area contributed by atoms with Gasteiger partial charge in [0.25, 0.3) is 0 Å². The number of amides is 2. The molecule has 0 radical (unpaired) electrons. The van der Waals surface area contributed by atoms with Crippen LogP contribution in [-0.2, 0) is 16.1 Å².